The number of hydrogen-bond donors (Lipinski definition) is 1. The molecule has 1 amide bonds. The number of aromatic nitrogens is 2. The number of hydrogen-bond acceptors (Lipinski definition) is 4. The van der Waals surface area contributed by atoms with Crippen LogP contribution in [0.3, 0.4) is 0 Å². The van der Waals surface area contributed by atoms with E-state index in [0.717, 1.165) is 0 Å². The summed E-state index contributed by atoms with van der Waals surface area (Å²) in [6.45, 7) is 6.95. The third-order valence-corrected chi connectivity index (χ3v) is 4.72. The average molecular weight is 462 g/mol. The van der Waals surface area contributed by atoms with Gasteiger partial charge in [-0.25, -0.2) is 14.2 Å². The van der Waals surface area contributed by atoms with Crippen LogP contribution in [0.15, 0.2) is 51.7 Å². The molecule has 0 aliphatic heterocycles. The highest BCUT2D eigenvalue weighted by atomic mass is 79.9. The molecule has 1 heterocycles. The maximum Gasteiger partial charge on any atom is 0.408 e. The third kappa shape index (κ3) is 4.64. The van der Waals surface area contributed by atoms with Crippen LogP contribution in [0.5, 0.6) is 0 Å². The fraction of sp³-hybridized carbons (Fsp3) is 0.286. The first kappa shape index (κ1) is 21.0. The number of rotatable bonds is 3. The van der Waals surface area contributed by atoms with E-state index in [4.69, 9.17) is 4.74 Å². The maximum absolute atomic E-state index is 13.9. The molecule has 1 aromatic heterocycles. The first-order chi connectivity index (χ1) is 13.6. The van der Waals surface area contributed by atoms with Crippen LogP contribution in [0, 0.1) is 5.82 Å². The molecule has 29 heavy (non-hydrogen) atoms. The molecule has 0 spiro atoms. The van der Waals surface area contributed by atoms with Gasteiger partial charge in [0.15, 0.2) is 0 Å². The van der Waals surface area contributed by atoms with Gasteiger partial charge in [0.25, 0.3) is 5.56 Å². The largest absolute Gasteiger partial charge is 0.444 e. The zero-order valence-electron chi connectivity index (χ0n) is 16.5. The SMILES string of the molecule is CC(NC(=O)OC(C)(C)C)c1nc2cccc(Br)c2c(=O)n1-c1cccc(F)c1. The molecule has 152 valence electrons. The Morgan fingerprint density at radius 2 is 1.93 bits per heavy atom. The number of carbonyl (C=O) groups excluding carboxylic acids is 1. The van der Waals surface area contributed by atoms with E-state index in [2.05, 4.69) is 26.2 Å². The number of nitrogens with zero attached hydrogens (tertiary/aromatic N) is 2. The van der Waals surface area contributed by atoms with Gasteiger partial charge in [0.05, 0.1) is 22.6 Å². The third-order valence-electron chi connectivity index (χ3n) is 4.06. The monoisotopic (exact) mass is 461 g/mol. The summed E-state index contributed by atoms with van der Waals surface area (Å²) in [5.41, 5.74) is -0.271. The van der Waals surface area contributed by atoms with Gasteiger partial charge < -0.3 is 10.1 Å². The first-order valence-corrected chi connectivity index (χ1v) is 9.83. The predicted molar refractivity (Wildman–Crippen MR) is 113 cm³/mol. The molecule has 0 aliphatic rings. The van der Waals surface area contributed by atoms with E-state index < -0.39 is 23.6 Å². The Labute approximate surface area is 175 Å². The van der Waals surface area contributed by atoms with Gasteiger partial charge in [-0.1, -0.05) is 12.1 Å². The van der Waals surface area contributed by atoms with Crippen LogP contribution in [0.25, 0.3) is 16.6 Å². The fourth-order valence-electron chi connectivity index (χ4n) is 2.91. The standard InChI is InChI=1S/C21H21BrFN3O3/c1-12(24-20(28)29-21(2,3)4)18-25-16-10-6-9-15(22)17(16)19(27)26(18)14-8-5-7-13(23)11-14/h5-12H,1-4H3,(H,24,28). The minimum Gasteiger partial charge on any atom is -0.444 e. The van der Waals surface area contributed by atoms with Crippen molar-refractivity contribution >= 4 is 32.9 Å². The van der Waals surface area contributed by atoms with Crippen molar-refractivity contribution in [2.24, 2.45) is 0 Å². The van der Waals surface area contributed by atoms with E-state index in [9.17, 15) is 14.0 Å². The lowest BCUT2D eigenvalue weighted by molar-refractivity contribution is 0.0505. The minimum atomic E-state index is -0.677. The number of alkyl carbamates (subject to hydrolysis) is 1. The molecule has 0 bridgehead atoms. The molecule has 3 aromatic rings. The highest BCUT2D eigenvalue weighted by Gasteiger charge is 2.23. The summed E-state index contributed by atoms with van der Waals surface area (Å²) in [5.74, 6) is -0.225. The molecular weight excluding hydrogens is 441 g/mol. The highest BCUT2D eigenvalue weighted by molar-refractivity contribution is 9.10. The minimum absolute atomic E-state index is 0.261. The van der Waals surface area contributed by atoms with Gasteiger partial charge in [-0.3, -0.25) is 9.36 Å². The lowest BCUT2D eigenvalue weighted by Gasteiger charge is -2.23. The maximum atomic E-state index is 13.9. The van der Waals surface area contributed by atoms with E-state index >= 15 is 0 Å². The van der Waals surface area contributed by atoms with Gasteiger partial charge in [-0.15, -0.1) is 0 Å². The van der Waals surface area contributed by atoms with Gasteiger partial charge in [-0.2, -0.15) is 0 Å². The van der Waals surface area contributed by atoms with Crippen LogP contribution in [0.4, 0.5) is 9.18 Å². The smallest absolute Gasteiger partial charge is 0.408 e. The van der Waals surface area contributed by atoms with Crippen molar-refractivity contribution in [1.82, 2.24) is 14.9 Å². The molecule has 0 saturated carbocycles. The molecule has 1 atom stereocenters. The summed E-state index contributed by atoms with van der Waals surface area (Å²) in [6.07, 6.45) is -0.639. The lowest BCUT2D eigenvalue weighted by atomic mass is 10.2. The number of fused-ring (bicyclic) bond motifs is 1. The Hall–Kier alpha value is -2.74. The average Bonchev–Trinajstić information content (AvgIpc) is 2.59. The van der Waals surface area contributed by atoms with Crippen LogP contribution < -0.4 is 10.9 Å². The Balaban J connectivity index is 2.18. The number of amides is 1. The van der Waals surface area contributed by atoms with Gasteiger partial charge in [0.2, 0.25) is 0 Å². The molecule has 8 heteroatoms. The van der Waals surface area contributed by atoms with Gasteiger partial charge in [0, 0.05) is 4.47 Å². The van der Waals surface area contributed by atoms with E-state index in [0.29, 0.717) is 21.1 Å². The van der Waals surface area contributed by atoms with Crippen molar-refractivity contribution in [3.8, 4) is 5.69 Å². The number of halogens is 2. The Morgan fingerprint density at radius 3 is 2.59 bits per heavy atom. The summed E-state index contributed by atoms with van der Waals surface area (Å²) < 4.78 is 21.1. The van der Waals surface area contributed by atoms with Crippen LogP contribution >= 0.6 is 15.9 Å². The topological polar surface area (TPSA) is 73.2 Å². The predicted octanol–water partition coefficient (Wildman–Crippen LogP) is 4.87. The van der Waals surface area contributed by atoms with Gasteiger partial charge >= 0.3 is 6.09 Å². The molecule has 2 aromatic carbocycles. The highest BCUT2D eigenvalue weighted by Crippen LogP contribution is 2.23. The van der Waals surface area contributed by atoms with Crippen molar-refractivity contribution in [3.05, 3.63) is 68.9 Å². The zero-order chi connectivity index (χ0) is 21.3. The van der Waals surface area contributed by atoms with E-state index in [-0.39, 0.29) is 11.4 Å². The second kappa shape index (κ2) is 7.94. The second-order valence-electron chi connectivity index (χ2n) is 7.59. The van der Waals surface area contributed by atoms with Crippen molar-refractivity contribution in [3.63, 3.8) is 0 Å². The zero-order valence-corrected chi connectivity index (χ0v) is 18.1. The van der Waals surface area contributed by atoms with E-state index in [1.165, 1.54) is 22.8 Å². The molecule has 0 radical (unpaired) electrons. The summed E-state index contributed by atoms with van der Waals surface area (Å²) >= 11 is 3.39. The Bertz CT molecular complexity index is 1140. The van der Waals surface area contributed by atoms with Crippen molar-refractivity contribution in [1.29, 1.82) is 0 Å². The van der Waals surface area contributed by atoms with E-state index in [1.807, 2.05) is 0 Å². The molecule has 0 aliphatic carbocycles. The van der Waals surface area contributed by atoms with Gasteiger partial charge in [-0.05, 0) is 74.0 Å². The number of ether oxygens (including phenoxy) is 1. The van der Waals surface area contributed by atoms with Crippen molar-refractivity contribution < 1.29 is 13.9 Å². The quantitative estimate of drug-likeness (QED) is 0.603. The normalized spacial score (nSPS) is 12.6. The van der Waals surface area contributed by atoms with Crippen LogP contribution in [-0.4, -0.2) is 21.2 Å². The lowest BCUT2D eigenvalue weighted by Crippen LogP contribution is -2.37. The number of carbonyl (C=O) groups is 1. The fourth-order valence-corrected chi connectivity index (χ4v) is 3.44. The summed E-state index contributed by atoms with van der Waals surface area (Å²) in [7, 11) is 0. The second-order valence-corrected chi connectivity index (χ2v) is 8.45. The molecule has 1 unspecified atom stereocenters. The van der Waals surface area contributed by atoms with Crippen LogP contribution in [0.2, 0.25) is 0 Å². The molecular formula is C21H21BrFN3O3. The Kier molecular flexibility index (Phi) is 5.75. The molecule has 6 nitrogen and oxygen atoms in total. The molecule has 1 N–H and O–H groups in total. The van der Waals surface area contributed by atoms with E-state index in [1.54, 1.807) is 52.0 Å². The van der Waals surface area contributed by atoms with Crippen LogP contribution in [-0.2, 0) is 4.74 Å². The van der Waals surface area contributed by atoms with Crippen molar-refractivity contribution in [2.45, 2.75) is 39.3 Å². The number of benzene rings is 2. The summed E-state index contributed by atoms with van der Waals surface area (Å²) in [6, 6.07) is 10.2. The summed E-state index contributed by atoms with van der Waals surface area (Å²) in [5, 5.41) is 3.06. The molecule has 0 fully saturated rings. The Morgan fingerprint density at radius 1 is 1.24 bits per heavy atom. The summed E-state index contributed by atoms with van der Waals surface area (Å²) in [4.78, 5) is 30.2. The van der Waals surface area contributed by atoms with Crippen LogP contribution in [0.1, 0.15) is 39.6 Å². The molecule has 0 saturated heterocycles. The number of nitrogens with one attached hydrogen (secondary N) is 1. The van der Waals surface area contributed by atoms with Crippen molar-refractivity contribution in [2.75, 3.05) is 0 Å². The first-order valence-electron chi connectivity index (χ1n) is 9.03. The molecule has 3 rings (SSSR count). The van der Waals surface area contributed by atoms with Gasteiger partial charge in [0.1, 0.15) is 17.2 Å².